The molecule has 108 valence electrons. The first-order chi connectivity index (χ1) is 10.1. The Labute approximate surface area is 120 Å². The summed E-state index contributed by atoms with van der Waals surface area (Å²) in [6.45, 7) is 0. The summed E-state index contributed by atoms with van der Waals surface area (Å²) < 4.78 is 1.47. The van der Waals surface area contributed by atoms with E-state index in [1.807, 2.05) is 0 Å². The molecule has 1 atom stereocenters. The molecule has 0 saturated carbocycles. The number of hydrogen-bond donors (Lipinski definition) is 2. The maximum absolute atomic E-state index is 11.8. The van der Waals surface area contributed by atoms with Crippen molar-refractivity contribution in [3.63, 3.8) is 0 Å². The molecule has 0 spiro atoms. The summed E-state index contributed by atoms with van der Waals surface area (Å²) in [6, 6.07) is 6.55. The van der Waals surface area contributed by atoms with Gasteiger partial charge in [0.2, 0.25) is 5.91 Å². The molecule has 1 aromatic carbocycles. The molecule has 2 heterocycles. The fourth-order valence-electron chi connectivity index (χ4n) is 2.31. The number of aromatic nitrogens is 2. The zero-order valence-corrected chi connectivity index (χ0v) is 11.4. The lowest BCUT2D eigenvalue weighted by Gasteiger charge is -2.12. The number of hydrogen-bond acceptors (Lipinski definition) is 4. The zero-order chi connectivity index (χ0) is 15.0. The molecular formula is C14H14N4O3. The summed E-state index contributed by atoms with van der Waals surface area (Å²) in [5, 5.41) is 3.03. The SMILES string of the molecule is CN1C(=O)CC(Nc2ccc(-n3cc[nH]c3=O)cc2)C1=O. The number of likely N-dealkylation sites (N-methyl/N-ethyl adjacent to an activating group) is 1. The topological polar surface area (TPSA) is 87.2 Å². The number of benzene rings is 1. The average molecular weight is 286 g/mol. The van der Waals surface area contributed by atoms with Crippen molar-refractivity contribution in [3.05, 3.63) is 47.1 Å². The van der Waals surface area contributed by atoms with Crippen molar-refractivity contribution < 1.29 is 9.59 Å². The second-order valence-corrected chi connectivity index (χ2v) is 4.87. The van der Waals surface area contributed by atoms with E-state index in [2.05, 4.69) is 10.3 Å². The Bertz CT molecular complexity index is 744. The maximum atomic E-state index is 11.8. The molecule has 0 aliphatic carbocycles. The third-order valence-electron chi connectivity index (χ3n) is 3.52. The van der Waals surface area contributed by atoms with Gasteiger partial charge < -0.3 is 10.3 Å². The first-order valence-electron chi connectivity index (χ1n) is 6.49. The quantitative estimate of drug-likeness (QED) is 0.796. The van der Waals surface area contributed by atoms with E-state index >= 15 is 0 Å². The van der Waals surface area contributed by atoms with Crippen LogP contribution in [0.1, 0.15) is 6.42 Å². The van der Waals surface area contributed by atoms with Gasteiger partial charge in [-0.2, -0.15) is 0 Å². The number of amides is 2. The van der Waals surface area contributed by atoms with Crippen LogP contribution in [0.4, 0.5) is 5.69 Å². The van der Waals surface area contributed by atoms with E-state index in [4.69, 9.17) is 0 Å². The molecule has 1 unspecified atom stereocenters. The number of carbonyl (C=O) groups is 2. The van der Waals surface area contributed by atoms with Crippen molar-refractivity contribution in [2.24, 2.45) is 0 Å². The van der Waals surface area contributed by atoms with Crippen LogP contribution in [-0.2, 0) is 9.59 Å². The fraction of sp³-hybridized carbons (Fsp3) is 0.214. The van der Waals surface area contributed by atoms with Crippen molar-refractivity contribution in [2.75, 3.05) is 12.4 Å². The summed E-state index contributed by atoms with van der Waals surface area (Å²) in [6.07, 6.45) is 3.36. The Morgan fingerprint density at radius 2 is 1.90 bits per heavy atom. The summed E-state index contributed by atoms with van der Waals surface area (Å²) in [4.78, 5) is 38.5. The van der Waals surface area contributed by atoms with Gasteiger partial charge in [0.15, 0.2) is 0 Å². The molecule has 1 aliphatic rings. The maximum Gasteiger partial charge on any atom is 0.330 e. The summed E-state index contributed by atoms with van der Waals surface area (Å²) in [5.74, 6) is -0.418. The number of imidazole rings is 1. The lowest BCUT2D eigenvalue weighted by molar-refractivity contribution is -0.136. The Balaban J connectivity index is 1.77. The van der Waals surface area contributed by atoms with Crippen LogP contribution in [0.5, 0.6) is 0 Å². The number of nitrogens with zero attached hydrogens (tertiary/aromatic N) is 2. The minimum absolute atomic E-state index is 0.161. The monoisotopic (exact) mass is 286 g/mol. The van der Waals surface area contributed by atoms with E-state index in [0.717, 1.165) is 16.3 Å². The van der Waals surface area contributed by atoms with E-state index in [0.29, 0.717) is 0 Å². The number of carbonyl (C=O) groups excluding carboxylic acids is 2. The second-order valence-electron chi connectivity index (χ2n) is 4.87. The largest absolute Gasteiger partial charge is 0.373 e. The molecule has 2 aromatic rings. The van der Waals surface area contributed by atoms with Gasteiger partial charge in [0.1, 0.15) is 6.04 Å². The van der Waals surface area contributed by atoms with E-state index < -0.39 is 6.04 Å². The predicted molar refractivity (Wildman–Crippen MR) is 76.2 cm³/mol. The second kappa shape index (κ2) is 4.93. The lowest BCUT2D eigenvalue weighted by atomic mass is 10.2. The first kappa shape index (κ1) is 13.2. The highest BCUT2D eigenvalue weighted by atomic mass is 16.2. The summed E-state index contributed by atoms with van der Waals surface area (Å²) in [7, 11) is 1.48. The first-order valence-corrected chi connectivity index (χ1v) is 6.49. The van der Waals surface area contributed by atoms with Crippen LogP contribution in [-0.4, -0.2) is 39.4 Å². The minimum atomic E-state index is -0.525. The van der Waals surface area contributed by atoms with Crippen LogP contribution in [0.2, 0.25) is 0 Å². The fourth-order valence-corrected chi connectivity index (χ4v) is 2.31. The number of nitrogens with one attached hydrogen (secondary N) is 2. The Hall–Kier alpha value is -2.83. The third-order valence-corrected chi connectivity index (χ3v) is 3.52. The average Bonchev–Trinajstić information content (AvgIpc) is 3.00. The van der Waals surface area contributed by atoms with Gasteiger partial charge in [0, 0.05) is 25.1 Å². The smallest absolute Gasteiger partial charge is 0.330 e. The zero-order valence-electron chi connectivity index (χ0n) is 11.4. The van der Waals surface area contributed by atoms with E-state index in [-0.39, 0.29) is 23.9 Å². The van der Waals surface area contributed by atoms with E-state index in [1.165, 1.54) is 11.6 Å². The number of aromatic amines is 1. The number of H-pyrrole nitrogens is 1. The van der Waals surface area contributed by atoms with Gasteiger partial charge in [0.05, 0.1) is 12.1 Å². The Morgan fingerprint density at radius 1 is 1.19 bits per heavy atom. The van der Waals surface area contributed by atoms with Crippen LogP contribution < -0.4 is 11.0 Å². The molecule has 1 aromatic heterocycles. The molecule has 1 aliphatic heterocycles. The molecule has 7 nitrogen and oxygen atoms in total. The van der Waals surface area contributed by atoms with Crippen LogP contribution in [0.25, 0.3) is 5.69 Å². The number of imide groups is 1. The van der Waals surface area contributed by atoms with Crippen LogP contribution in [0, 0.1) is 0 Å². The standard InChI is InChI=1S/C14H14N4O3/c1-17-12(19)8-11(13(17)20)16-9-2-4-10(5-3-9)18-7-6-15-14(18)21/h2-7,11,16H,8H2,1H3,(H,15,21). The van der Waals surface area contributed by atoms with Crippen LogP contribution >= 0.6 is 0 Å². The van der Waals surface area contributed by atoms with Gasteiger partial charge in [-0.3, -0.25) is 19.1 Å². The van der Waals surface area contributed by atoms with Gasteiger partial charge in [-0.25, -0.2) is 4.79 Å². The molecule has 7 heteroatoms. The van der Waals surface area contributed by atoms with Gasteiger partial charge >= 0.3 is 5.69 Å². The molecule has 3 rings (SSSR count). The number of likely N-dealkylation sites (tertiary alicyclic amines) is 1. The van der Waals surface area contributed by atoms with Crippen molar-refractivity contribution in [1.29, 1.82) is 0 Å². The van der Waals surface area contributed by atoms with E-state index in [1.54, 1.807) is 36.7 Å². The molecule has 0 bridgehead atoms. The molecule has 0 radical (unpaired) electrons. The van der Waals surface area contributed by atoms with Gasteiger partial charge in [-0.1, -0.05) is 0 Å². The Kier molecular flexibility index (Phi) is 3.09. The lowest BCUT2D eigenvalue weighted by Crippen LogP contribution is -2.31. The number of rotatable bonds is 3. The van der Waals surface area contributed by atoms with Gasteiger partial charge in [0.25, 0.3) is 5.91 Å². The van der Waals surface area contributed by atoms with Crippen molar-refractivity contribution in [3.8, 4) is 5.69 Å². The van der Waals surface area contributed by atoms with Crippen molar-refractivity contribution >= 4 is 17.5 Å². The van der Waals surface area contributed by atoms with Crippen molar-refractivity contribution in [2.45, 2.75) is 12.5 Å². The van der Waals surface area contributed by atoms with Crippen LogP contribution in [0.3, 0.4) is 0 Å². The minimum Gasteiger partial charge on any atom is -0.373 e. The number of anilines is 1. The third kappa shape index (κ3) is 2.33. The molecule has 2 N–H and O–H groups in total. The predicted octanol–water partition coefficient (Wildman–Crippen LogP) is 0.335. The summed E-state index contributed by atoms with van der Waals surface area (Å²) in [5.41, 5.74) is 1.23. The molecule has 2 amide bonds. The highest BCUT2D eigenvalue weighted by molar-refractivity contribution is 6.06. The molecule has 1 fully saturated rings. The van der Waals surface area contributed by atoms with Gasteiger partial charge in [-0.15, -0.1) is 0 Å². The van der Waals surface area contributed by atoms with E-state index in [9.17, 15) is 14.4 Å². The highest BCUT2D eigenvalue weighted by Crippen LogP contribution is 2.18. The molecular weight excluding hydrogens is 272 g/mol. The Morgan fingerprint density at radius 3 is 2.43 bits per heavy atom. The van der Waals surface area contributed by atoms with Crippen molar-refractivity contribution in [1.82, 2.24) is 14.5 Å². The normalized spacial score (nSPS) is 18.3. The molecule has 1 saturated heterocycles. The molecule has 21 heavy (non-hydrogen) atoms. The van der Waals surface area contributed by atoms with Crippen LogP contribution in [0.15, 0.2) is 41.5 Å². The van der Waals surface area contributed by atoms with Gasteiger partial charge in [-0.05, 0) is 24.3 Å². The highest BCUT2D eigenvalue weighted by Gasteiger charge is 2.35. The summed E-state index contributed by atoms with van der Waals surface area (Å²) >= 11 is 0.